The third-order valence-corrected chi connectivity index (χ3v) is 7.43. The minimum atomic E-state index is -4.30. The van der Waals surface area contributed by atoms with Crippen LogP contribution in [-0.2, 0) is 10.0 Å². The molecular weight excluding hydrogens is 552 g/mol. The Labute approximate surface area is 229 Å². The van der Waals surface area contributed by atoms with Gasteiger partial charge in [-0.05, 0) is 48.1 Å². The van der Waals surface area contributed by atoms with E-state index in [0.29, 0.717) is 28.5 Å². The summed E-state index contributed by atoms with van der Waals surface area (Å²) in [6.45, 7) is 0. The van der Waals surface area contributed by atoms with E-state index in [1.54, 1.807) is 12.1 Å². The number of carbonyl (C=O) groups excluding carboxylic acids is 1. The molecule has 0 radical (unpaired) electrons. The summed E-state index contributed by atoms with van der Waals surface area (Å²) in [4.78, 5) is 18.1. The van der Waals surface area contributed by atoms with Crippen LogP contribution in [-0.4, -0.2) is 49.4 Å². The van der Waals surface area contributed by atoms with Gasteiger partial charge in [-0.15, -0.1) is 4.83 Å². The summed E-state index contributed by atoms with van der Waals surface area (Å²) in [6.07, 6.45) is 3.17. The van der Waals surface area contributed by atoms with Crippen molar-refractivity contribution in [2.45, 2.75) is 17.4 Å². The lowest BCUT2D eigenvalue weighted by Crippen LogP contribution is -2.41. The minimum absolute atomic E-state index is 0.00434. The lowest BCUT2D eigenvalue weighted by molar-refractivity contribution is 0.0945. The van der Waals surface area contributed by atoms with Crippen LogP contribution in [0, 0.1) is 0 Å². The Morgan fingerprint density at radius 1 is 1.11 bits per heavy atom. The van der Waals surface area contributed by atoms with E-state index in [1.807, 2.05) is 12.1 Å². The zero-order valence-corrected chi connectivity index (χ0v) is 22.6. The molecule has 0 saturated heterocycles. The summed E-state index contributed by atoms with van der Waals surface area (Å²) in [5.41, 5.74) is 10.1. The van der Waals surface area contributed by atoms with Crippen molar-refractivity contribution in [3.05, 3.63) is 82.6 Å². The van der Waals surface area contributed by atoms with Crippen molar-refractivity contribution in [2.24, 2.45) is 10.8 Å². The molecule has 3 aromatic rings. The molecule has 14 heteroatoms. The van der Waals surface area contributed by atoms with Gasteiger partial charge >= 0.3 is 0 Å². The topological polar surface area (TPSA) is 148 Å². The van der Waals surface area contributed by atoms with Crippen molar-refractivity contribution in [3.63, 3.8) is 0 Å². The summed E-state index contributed by atoms with van der Waals surface area (Å²) in [5, 5.41) is 6.68. The number of rotatable bonds is 8. The van der Waals surface area contributed by atoms with Gasteiger partial charge < -0.3 is 15.2 Å². The van der Waals surface area contributed by atoms with Gasteiger partial charge in [0.05, 0.1) is 26.0 Å². The molecule has 4 N–H and O–H groups in total. The maximum absolute atomic E-state index is 13.2. The number of hydrazone groups is 1. The molecule has 4 rings (SSSR count). The maximum atomic E-state index is 13.2. The van der Waals surface area contributed by atoms with Gasteiger partial charge in [-0.1, -0.05) is 23.7 Å². The predicted molar refractivity (Wildman–Crippen MR) is 146 cm³/mol. The molecule has 1 atom stereocenters. The monoisotopic (exact) mass is 574 g/mol. The van der Waals surface area contributed by atoms with Crippen molar-refractivity contribution in [1.29, 1.82) is 0 Å². The summed E-state index contributed by atoms with van der Waals surface area (Å²) in [6, 6.07) is 12.5. The number of nitrogens with one attached hydrogen (secondary N) is 2. The highest BCUT2D eigenvalue weighted by molar-refractivity contribution is 7.89. The number of pyridine rings is 1. The van der Waals surface area contributed by atoms with Crippen molar-refractivity contribution in [2.75, 3.05) is 14.2 Å². The Bertz CT molecular complexity index is 1500. The first-order chi connectivity index (χ1) is 18.1. The van der Waals surface area contributed by atoms with Crippen molar-refractivity contribution in [1.82, 2.24) is 20.2 Å². The van der Waals surface area contributed by atoms with Crippen molar-refractivity contribution in [3.8, 4) is 11.5 Å². The van der Waals surface area contributed by atoms with Crippen LogP contribution >= 0.6 is 23.8 Å². The number of aromatic nitrogens is 1. The molecule has 2 heterocycles. The lowest BCUT2D eigenvalue weighted by atomic mass is 9.98. The standard InChI is InChI=1S/C24H23ClN6O5S2/c1-35-20-13-21(36-2)22(38(33,34)30-28-23(32)15-7-9-27-10-8-15)11-17(20)18-12-19(31(29-18)24(26)37)14-3-5-16(25)6-4-14/h3-11,13,19,30H,12H2,1-2H3,(H2,26,37)(H,28,32). The third-order valence-electron chi connectivity index (χ3n) is 5.72. The van der Waals surface area contributed by atoms with Gasteiger partial charge in [0.2, 0.25) is 0 Å². The van der Waals surface area contributed by atoms with Crippen molar-refractivity contribution >= 4 is 50.6 Å². The highest BCUT2D eigenvalue weighted by atomic mass is 35.5. The molecule has 1 unspecified atom stereocenters. The second kappa shape index (κ2) is 11.3. The van der Waals surface area contributed by atoms with Crippen LogP contribution in [0.25, 0.3) is 0 Å². The number of benzene rings is 2. The second-order valence-electron chi connectivity index (χ2n) is 8.00. The number of nitrogens with zero attached hydrogens (tertiary/aromatic N) is 3. The fourth-order valence-corrected chi connectivity index (χ4v) is 5.18. The Balaban J connectivity index is 1.69. The maximum Gasteiger partial charge on any atom is 0.266 e. The number of amides is 1. The molecule has 0 saturated carbocycles. The number of nitrogens with two attached hydrogens (primary N) is 1. The molecule has 198 valence electrons. The summed E-state index contributed by atoms with van der Waals surface area (Å²) in [5.74, 6) is -0.350. The number of hydrogen-bond acceptors (Lipinski definition) is 8. The zero-order chi connectivity index (χ0) is 27.4. The predicted octanol–water partition coefficient (Wildman–Crippen LogP) is 2.77. The van der Waals surface area contributed by atoms with Crippen LogP contribution in [0.4, 0.5) is 0 Å². The Morgan fingerprint density at radius 2 is 1.76 bits per heavy atom. The first-order valence-electron chi connectivity index (χ1n) is 11.0. The van der Waals surface area contributed by atoms with E-state index in [4.69, 9.17) is 39.0 Å². The van der Waals surface area contributed by atoms with Gasteiger partial charge in [-0.25, -0.2) is 13.4 Å². The third kappa shape index (κ3) is 5.70. The highest BCUT2D eigenvalue weighted by Crippen LogP contribution is 2.38. The molecule has 0 fully saturated rings. The van der Waals surface area contributed by atoms with Crippen LogP contribution in [0.1, 0.15) is 33.9 Å². The van der Waals surface area contributed by atoms with Crippen molar-refractivity contribution < 1.29 is 22.7 Å². The molecule has 38 heavy (non-hydrogen) atoms. The average Bonchev–Trinajstić information content (AvgIpc) is 3.37. The molecular formula is C24H23ClN6O5S2. The Hall–Kier alpha value is -3.78. The van der Waals surface area contributed by atoms with Gasteiger partial charge in [0.15, 0.2) is 5.11 Å². The van der Waals surface area contributed by atoms with Crippen LogP contribution in [0.15, 0.2) is 70.9 Å². The number of thiocarbonyl (C=S) groups is 1. The van der Waals surface area contributed by atoms with Crippen LogP contribution in [0.2, 0.25) is 5.02 Å². The fourth-order valence-electron chi connectivity index (χ4n) is 3.87. The number of methoxy groups -OCH3 is 2. The fraction of sp³-hybridized carbons (Fsp3) is 0.167. The van der Waals surface area contributed by atoms with E-state index in [0.717, 1.165) is 5.56 Å². The molecule has 1 aliphatic heterocycles. The number of hydrogen-bond donors (Lipinski definition) is 3. The van der Waals surface area contributed by atoms with Gasteiger partial charge in [0.25, 0.3) is 15.9 Å². The quantitative estimate of drug-likeness (QED) is 0.273. The van der Waals surface area contributed by atoms with Gasteiger partial charge in [-0.2, -0.15) is 5.10 Å². The van der Waals surface area contributed by atoms with Gasteiger partial charge in [0.1, 0.15) is 16.4 Å². The van der Waals surface area contributed by atoms with Gasteiger partial charge in [-0.3, -0.25) is 15.2 Å². The smallest absolute Gasteiger partial charge is 0.266 e. The van der Waals surface area contributed by atoms with E-state index < -0.39 is 15.9 Å². The second-order valence-corrected chi connectivity index (χ2v) is 10.5. The number of ether oxygens (including phenoxy) is 2. The summed E-state index contributed by atoms with van der Waals surface area (Å²) >= 11 is 11.3. The molecule has 11 nitrogen and oxygen atoms in total. The minimum Gasteiger partial charge on any atom is -0.496 e. The first-order valence-corrected chi connectivity index (χ1v) is 13.3. The molecule has 1 aliphatic rings. The highest BCUT2D eigenvalue weighted by Gasteiger charge is 2.33. The first kappa shape index (κ1) is 27.3. The molecule has 0 aliphatic carbocycles. The zero-order valence-electron chi connectivity index (χ0n) is 20.2. The molecule has 0 spiro atoms. The molecule has 2 aromatic carbocycles. The summed E-state index contributed by atoms with van der Waals surface area (Å²) < 4.78 is 37.3. The number of hydrazine groups is 1. The molecule has 1 amide bonds. The van der Waals surface area contributed by atoms with Crippen LogP contribution in [0.5, 0.6) is 11.5 Å². The van der Waals surface area contributed by atoms with Crippen LogP contribution < -0.4 is 25.5 Å². The van der Waals surface area contributed by atoms with E-state index in [1.165, 1.54) is 55.9 Å². The summed E-state index contributed by atoms with van der Waals surface area (Å²) in [7, 11) is -1.53. The van der Waals surface area contributed by atoms with Gasteiger partial charge in [0, 0.05) is 41.0 Å². The normalized spacial score (nSPS) is 15.1. The van der Waals surface area contributed by atoms with E-state index >= 15 is 0 Å². The van der Waals surface area contributed by atoms with E-state index in [9.17, 15) is 13.2 Å². The Kier molecular flexibility index (Phi) is 8.11. The molecule has 0 bridgehead atoms. The largest absolute Gasteiger partial charge is 0.496 e. The van der Waals surface area contributed by atoms with Crippen LogP contribution in [0.3, 0.4) is 0 Å². The molecule has 1 aromatic heterocycles. The number of carbonyl (C=O) groups is 1. The Morgan fingerprint density at radius 3 is 2.37 bits per heavy atom. The number of halogens is 1. The lowest BCUT2D eigenvalue weighted by Gasteiger charge is -2.21. The van der Waals surface area contributed by atoms with E-state index in [2.05, 4.69) is 20.3 Å². The van der Waals surface area contributed by atoms with E-state index in [-0.39, 0.29) is 27.4 Å². The number of sulfonamides is 1. The SMILES string of the molecule is COc1cc(OC)c(S(=O)(=O)NNC(=O)c2ccncc2)cc1C1=NN(C(N)=S)C(c2ccc(Cl)cc2)C1. The average molecular weight is 575 g/mol.